The summed E-state index contributed by atoms with van der Waals surface area (Å²) in [6.45, 7) is 13.6. The Bertz CT molecular complexity index is 209. The zero-order valence-electron chi connectivity index (χ0n) is 14.5. The van der Waals surface area contributed by atoms with E-state index in [0.29, 0.717) is 11.3 Å². The molecule has 122 valence electrons. The molecule has 0 heterocycles. The smallest absolute Gasteiger partial charge is 0.0587 e. The van der Waals surface area contributed by atoms with E-state index < -0.39 is 0 Å². The highest BCUT2D eigenvalue weighted by Gasteiger charge is 2.26. The molecule has 0 aliphatic rings. The third-order valence-corrected chi connectivity index (χ3v) is 4.02. The van der Waals surface area contributed by atoms with Crippen LogP contribution in [0.25, 0.3) is 0 Å². The van der Waals surface area contributed by atoms with E-state index in [2.05, 4.69) is 33.0 Å². The van der Waals surface area contributed by atoms with Gasteiger partial charge in [0.25, 0.3) is 0 Å². The standard InChI is InChI=1S/C17H37NO2/c1-6-8-9-17(7-2,15-18-11-13-19-5)10-12-20-14-16(3)4/h16,18H,6-15H2,1-5H3. The number of ether oxygens (including phenoxy) is 2. The zero-order chi connectivity index (χ0) is 15.3. The fourth-order valence-corrected chi connectivity index (χ4v) is 2.47. The molecule has 0 aromatic rings. The Kier molecular flexibility index (Phi) is 12.5. The summed E-state index contributed by atoms with van der Waals surface area (Å²) < 4.78 is 10.9. The monoisotopic (exact) mass is 287 g/mol. The summed E-state index contributed by atoms with van der Waals surface area (Å²) in [5, 5.41) is 3.56. The SMILES string of the molecule is CCCCC(CC)(CCOCC(C)C)CNCCOC. The number of unbranched alkanes of at least 4 members (excludes halogenated alkanes) is 1. The van der Waals surface area contributed by atoms with Crippen molar-refractivity contribution in [3.8, 4) is 0 Å². The average molecular weight is 287 g/mol. The van der Waals surface area contributed by atoms with Crippen LogP contribution in [0.4, 0.5) is 0 Å². The molecule has 0 fully saturated rings. The molecule has 0 spiro atoms. The van der Waals surface area contributed by atoms with Gasteiger partial charge < -0.3 is 14.8 Å². The van der Waals surface area contributed by atoms with E-state index in [9.17, 15) is 0 Å². The Morgan fingerprint density at radius 2 is 1.85 bits per heavy atom. The molecule has 3 heteroatoms. The Morgan fingerprint density at radius 3 is 2.40 bits per heavy atom. The molecule has 0 radical (unpaired) electrons. The van der Waals surface area contributed by atoms with Crippen LogP contribution < -0.4 is 5.32 Å². The first-order valence-corrected chi connectivity index (χ1v) is 8.37. The molecule has 0 saturated heterocycles. The van der Waals surface area contributed by atoms with Crippen LogP contribution in [0.2, 0.25) is 0 Å². The summed E-state index contributed by atoms with van der Waals surface area (Å²) in [5.74, 6) is 0.626. The maximum absolute atomic E-state index is 5.81. The summed E-state index contributed by atoms with van der Waals surface area (Å²) in [4.78, 5) is 0. The molecule has 1 unspecified atom stereocenters. The first-order chi connectivity index (χ1) is 9.60. The van der Waals surface area contributed by atoms with Crippen molar-refractivity contribution in [1.29, 1.82) is 0 Å². The maximum Gasteiger partial charge on any atom is 0.0587 e. The van der Waals surface area contributed by atoms with Gasteiger partial charge in [-0.05, 0) is 30.6 Å². The van der Waals surface area contributed by atoms with E-state index in [4.69, 9.17) is 9.47 Å². The molecule has 20 heavy (non-hydrogen) atoms. The van der Waals surface area contributed by atoms with Crippen LogP contribution in [0.5, 0.6) is 0 Å². The van der Waals surface area contributed by atoms with E-state index in [1.807, 2.05) is 0 Å². The minimum Gasteiger partial charge on any atom is -0.383 e. The second-order valence-electron chi connectivity index (χ2n) is 6.35. The highest BCUT2D eigenvalue weighted by molar-refractivity contribution is 4.80. The number of hydrogen-bond acceptors (Lipinski definition) is 3. The van der Waals surface area contributed by atoms with Gasteiger partial charge in [0.15, 0.2) is 0 Å². The predicted molar refractivity (Wildman–Crippen MR) is 87.3 cm³/mol. The van der Waals surface area contributed by atoms with Crippen LogP contribution in [0.15, 0.2) is 0 Å². The molecule has 0 rings (SSSR count). The molecular weight excluding hydrogens is 250 g/mol. The molecule has 0 bridgehead atoms. The Balaban J connectivity index is 4.19. The van der Waals surface area contributed by atoms with Crippen LogP contribution in [-0.2, 0) is 9.47 Å². The predicted octanol–water partition coefficient (Wildman–Crippen LogP) is 3.87. The molecular formula is C17H37NO2. The van der Waals surface area contributed by atoms with Gasteiger partial charge in [0, 0.05) is 33.4 Å². The number of nitrogens with one attached hydrogen (secondary N) is 1. The molecule has 0 aromatic carbocycles. The van der Waals surface area contributed by atoms with E-state index in [-0.39, 0.29) is 0 Å². The van der Waals surface area contributed by atoms with E-state index in [1.165, 1.54) is 25.7 Å². The van der Waals surface area contributed by atoms with E-state index >= 15 is 0 Å². The molecule has 0 aliphatic heterocycles. The van der Waals surface area contributed by atoms with Crippen LogP contribution in [0.3, 0.4) is 0 Å². The van der Waals surface area contributed by atoms with E-state index in [1.54, 1.807) is 7.11 Å². The Hall–Kier alpha value is -0.120. The topological polar surface area (TPSA) is 30.5 Å². The van der Waals surface area contributed by atoms with Gasteiger partial charge in [0.1, 0.15) is 0 Å². The van der Waals surface area contributed by atoms with Gasteiger partial charge in [-0.15, -0.1) is 0 Å². The number of rotatable bonds is 14. The maximum atomic E-state index is 5.81. The molecule has 1 atom stereocenters. The van der Waals surface area contributed by atoms with Crippen molar-refractivity contribution in [2.24, 2.45) is 11.3 Å². The van der Waals surface area contributed by atoms with Crippen LogP contribution in [-0.4, -0.2) is 40.0 Å². The number of methoxy groups -OCH3 is 1. The van der Waals surface area contributed by atoms with Crippen LogP contribution in [0.1, 0.15) is 59.8 Å². The van der Waals surface area contributed by atoms with Crippen molar-refractivity contribution in [2.75, 3.05) is 40.0 Å². The summed E-state index contributed by atoms with van der Waals surface area (Å²) in [6.07, 6.45) is 6.26. The van der Waals surface area contributed by atoms with Crippen LogP contribution in [0, 0.1) is 11.3 Å². The normalized spacial score (nSPS) is 14.7. The highest BCUT2D eigenvalue weighted by atomic mass is 16.5. The molecule has 0 saturated carbocycles. The van der Waals surface area contributed by atoms with Gasteiger partial charge in [0.2, 0.25) is 0 Å². The molecule has 0 amide bonds. The van der Waals surface area contributed by atoms with Crippen molar-refractivity contribution in [3.05, 3.63) is 0 Å². The first kappa shape index (κ1) is 19.9. The average Bonchev–Trinajstić information content (AvgIpc) is 2.44. The third kappa shape index (κ3) is 9.73. The van der Waals surface area contributed by atoms with Crippen LogP contribution >= 0.6 is 0 Å². The van der Waals surface area contributed by atoms with Crippen molar-refractivity contribution in [3.63, 3.8) is 0 Å². The van der Waals surface area contributed by atoms with Crippen molar-refractivity contribution < 1.29 is 9.47 Å². The Labute approximate surface area is 126 Å². The minimum atomic E-state index is 0.390. The van der Waals surface area contributed by atoms with Gasteiger partial charge in [-0.2, -0.15) is 0 Å². The first-order valence-electron chi connectivity index (χ1n) is 8.37. The fraction of sp³-hybridized carbons (Fsp3) is 1.00. The summed E-state index contributed by atoms with van der Waals surface area (Å²) in [7, 11) is 1.76. The summed E-state index contributed by atoms with van der Waals surface area (Å²) >= 11 is 0. The van der Waals surface area contributed by atoms with Crippen molar-refractivity contribution in [2.45, 2.75) is 59.8 Å². The number of hydrogen-bond donors (Lipinski definition) is 1. The molecule has 3 nitrogen and oxygen atoms in total. The summed E-state index contributed by atoms with van der Waals surface area (Å²) in [6, 6.07) is 0. The Morgan fingerprint density at radius 1 is 1.10 bits per heavy atom. The third-order valence-electron chi connectivity index (χ3n) is 4.02. The lowest BCUT2D eigenvalue weighted by Gasteiger charge is -2.33. The zero-order valence-corrected chi connectivity index (χ0v) is 14.5. The van der Waals surface area contributed by atoms with Gasteiger partial charge in [-0.1, -0.05) is 40.5 Å². The highest BCUT2D eigenvalue weighted by Crippen LogP contribution is 2.32. The largest absolute Gasteiger partial charge is 0.383 e. The van der Waals surface area contributed by atoms with Gasteiger partial charge in [-0.25, -0.2) is 0 Å². The van der Waals surface area contributed by atoms with E-state index in [0.717, 1.165) is 39.3 Å². The van der Waals surface area contributed by atoms with Gasteiger partial charge >= 0.3 is 0 Å². The second kappa shape index (κ2) is 12.6. The summed E-state index contributed by atoms with van der Waals surface area (Å²) in [5.41, 5.74) is 0.390. The lowest BCUT2D eigenvalue weighted by atomic mass is 9.77. The lowest BCUT2D eigenvalue weighted by Crippen LogP contribution is -2.36. The minimum absolute atomic E-state index is 0.390. The second-order valence-corrected chi connectivity index (χ2v) is 6.35. The fourth-order valence-electron chi connectivity index (χ4n) is 2.47. The van der Waals surface area contributed by atoms with Crippen molar-refractivity contribution in [1.82, 2.24) is 5.32 Å². The molecule has 0 aromatic heterocycles. The lowest BCUT2D eigenvalue weighted by molar-refractivity contribution is 0.0687. The quantitative estimate of drug-likeness (QED) is 0.492. The van der Waals surface area contributed by atoms with Gasteiger partial charge in [-0.3, -0.25) is 0 Å². The van der Waals surface area contributed by atoms with Crippen molar-refractivity contribution >= 4 is 0 Å². The van der Waals surface area contributed by atoms with Gasteiger partial charge in [0.05, 0.1) is 6.61 Å². The molecule has 1 N–H and O–H groups in total. The molecule has 0 aliphatic carbocycles.